The lowest BCUT2D eigenvalue weighted by molar-refractivity contribution is -0.150. The molecule has 1 heterocycles. The fourth-order valence-electron chi connectivity index (χ4n) is 2.77. The van der Waals surface area contributed by atoms with Crippen LogP contribution in [0.3, 0.4) is 0 Å². The number of rotatable bonds is 3. The molecule has 0 aromatic carbocycles. The molecule has 3 N–H and O–H groups in total. The van der Waals surface area contributed by atoms with Gasteiger partial charge in [-0.15, -0.1) is 0 Å². The maximum atomic E-state index is 12.4. The van der Waals surface area contributed by atoms with Gasteiger partial charge in [-0.3, -0.25) is 14.4 Å². The first-order chi connectivity index (χ1) is 9.00. The first-order valence-electron chi connectivity index (χ1n) is 6.41. The van der Waals surface area contributed by atoms with Gasteiger partial charge < -0.3 is 20.5 Å². The lowest BCUT2D eigenvalue weighted by atomic mass is 10.0. The van der Waals surface area contributed by atoms with Crippen LogP contribution in [-0.4, -0.2) is 53.6 Å². The zero-order valence-corrected chi connectivity index (χ0v) is 10.6. The van der Waals surface area contributed by atoms with Crippen molar-refractivity contribution in [1.29, 1.82) is 0 Å². The second-order valence-electron chi connectivity index (χ2n) is 5.07. The third kappa shape index (κ3) is 2.86. The molecule has 2 aliphatic rings. The van der Waals surface area contributed by atoms with Crippen LogP contribution < -0.4 is 5.73 Å². The van der Waals surface area contributed by atoms with E-state index >= 15 is 0 Å². The first-order valence-corrected chi connectivity index (χ1v) is 6.41. The van der Waals surface area contributed by atoms with E-state index < -0.39 is 23.8 Å². The number of hydrogen-bond donors (Lipinski definition) is 2. The second-order valence-corrected chi connectivity index (χ2v) is 5.07. The van der Waals surface area contributed by atoms with Gasteiger partial charge in [-0.1, -0.05) is 0 Å². The Balaban J connectivity index is 2.02. The monoisotopic (exact) mass is 270 g/mol. The van der Waals surface area contributed by atoms with Crippen LogP contribution in [0, 0.1) is 11.8 Å². The van der Waals surface area contributed by atoms with Crippen LogP contribution in [0.5, 0.6) is 0 Å². The first kappa shape index (κ1) is 13.8. The average Bonchev–Trinajstić information content (AvgIpc) is 2.87. The van der Waals surface area contributed by atoms with E-state index in [0.29, 0.717) is 32.4 Å². The van der Waals surface area contributed by atoms with Crippen LogP contribution in [0.1, 0.15) is 19.3 Å². The summed E-state index contributed by atoms with van der Waals surface area (Å²) in [6.45, 7) is 0.835. The molecule has 106 valence electrons. The van der Waals surface area contributed by atoms with Gasteiger partial charge in [0.1, 0.15) is 6.04 Å². The summed E-state index contributed by atoms with van der Waals surface area (Å²) in [5.41, 5.74) is 5.26. The second kappa shape index (κ2) is 5.56. The van der Waals surface area contributed by atoms with Gasteiger partial charge in [0.05, 0.1) is 19.1 Å². The molecule has 1 unspecified atom stereocenters. The zero-order valence-electron chi connectivity index (χ0n) is 10.6. The molecule has 0 aromatic rings. The van der Waals surface area contributed by atoms with Crippen molar-refractivity contribution >= 4 is 17.8 Å². The van der Waals surface area contributed by atoms with E-state index in [9.17, 15) is 14.4 Å². The summed E-state index contributed by atoms with van der Waals surface area (Å²) in [4.78, 5) is 36.0. The Hall–Kier alpha value is -1.63. The van der Waals surface area contributed by atoms with Crippen molar-refractivity contribution in [3.05, 3.63) is 0 Å². The fourth-order valence-corrected chi connectivity index (χ4v) is 2.77. The zero-order chi connectivity index (χ0) is 14.0. The van der Waals surface area contributed by atoms with Crippen LogP contribution in [-0.2, 0) is 19.1 Å². The minimum Gasteiger partial charge on any atom is -0.481 e. The molecule has 19 heavy (non-hydrogen) atoms. The van der Waals surface area contributed by atoms with E-state index in [-0.39, 0.29) is 18.4 Å². The number of nitrogens with two attached hydrogens (primary N) is 1. The molecule has 1 saturated carbocycles. The summed E-state index contributed by atoms with van der Waals surface area (Å²) in [6, 6.07) is -0.731. The van der Waals surface area contributed by atoms with Gasteiger partial charge >= 0.3 is 5.97 Å². The van der Waals surface area contributed by atoms with Crippen LogP contribution in [0.4, 0.5) is 0 Å². The number of amides is 2. The van der Waals surface area contributed by atoms with Crippen molar-refractivity contribution < 1.29 is 24.2 Å². The lowest BCUT2D eigenvalue weighted by Gasteiger charge is -2.35. The summed E-state index contributed by atoms with van der Waals surface area (Å²) in [7, 11) is 0. The third-order valence-corrected chi connectivity index (χ3v) is 3.87. The van der Waals surface area contributed by atoms with Crippen molar-refractivity contribution in [2.24, 2.45) is 17.6 Å². The van der Waals surface area contributed by atoms with Gasteiger partial charge in [-0.25, -0.2) is 0 Å². The number of morpholine rings is 1. The summed E-state index contributed by atoms with van der Waals surface area (Å²) in [5.74, 6) is -2.39. The molecular weight excluding hydrogens is 252 g/mol. The summed E-state index contributed by atoms with van der Waals surface area (Å²) >= 11 is 0. The number of nitrogens with zero attached hydrogens (tertiary/aromatic N) is 1. The van der Waals surface area contributed by atoms with Gasteiger partial charge in [0, 0.05) is 12.5 Å². The number of carboxylic acid groups (broad SMARTS) is 1. The molecule has 0 spiro atoms. The Kier molecular flexibility index (Phi) is 4.04. The van der Waals surface area contributed by atoms with Gasteiger partial charge in [-0.2, -0.15) is 0 Å². The number of hydrogen-bond acceptors (Lipinski definition) is 4. The topological polar surface area (TPSA) is 110 Å². The van der Waals surface area contributed by atoms with E-state index in [0.717, 1.165) is 0 Å². The molecule has 0 radical (unpaired) electrons. The predicted molar refractivity (Wildman–Crippen MR) is 64.0 cm³/mol. The molecule has 3 atom stereocenters. The molecule has 1 aliphatic heterocycles. The average molecular weight is 270 g/mol. The van der Waals surface area contributed by atoms with E-state index in [2.05, 4.69) is 0 Å². The van der Waals surface area contributed by atoms with Gasteiger partial charge in [0.2, 0.25) is 11.8 Å². The molecule has 7 nitrogen and oxygen atoms in total. The molecule has 2 rings (SSSR count). The highest BCUT2D eigenvalue weighted by Crippen LogP contribution is 2.33. The molecule has 0 bridgehead atoms. The lowest BCUT2D eigenvalue weighted by Crippen LogP contribution is -2.56. The number of carboxylic acids is 1. The standard InChI is InChI=1S/C12H18N2O5/c13-10(15)9-6-19-4-3-14(9)11(16)7-1-2-8(5-7)12(17)18/h7-9H,1-6H2,(H2,13,15)(H,17,18)/t7-,8+,9?/m1/s1. The smallest absolute Gasteiger partial charge is 0.306 e. The van der Waals surface area contributed by atoms with Crippen molar-refractivity contribution in [3.63, 3.8) is 0 Å². The number of carbonyl (C=O) groups is 3. The molecule has 1 saturated heterocycles. The van der Waals surface area contributed by atoms with Crippen molar-refractivity contribution in [2.45, 2.75) is 25.3 Å². The SMILES string of the molecule is NC(=O)C1COCCN1C(=O)[C@@H]1CC[C@H](C(=O)O)C1. The maximum absolute atomic E-state index is 12.4. The van der Waals surface area contributed by atoms with Crippen molar-refractivity contribution in [2.75, 3.05) is 19.8 Å². The highest BCUT2D eigenvalue weighted by atomic mass is 16.5. The van der Waals surface area contributed by atoms with Crippen LogP contribution in [0.15, 0.2) is 0 Å². The molecule has 7 heteroatoms. The number of primary amides is 1. The number of carbonyl (C=O) groups excluding carboxylic acids is 2. The van der Waals surface area contributed by atoms with E-state index in [1.165, 1.54) is 4.90 Å². The highest BCUT2D eigenvalue weighted by molar-refractivity contribution is 5.88. The van der Waals surface area contributed by atoms with Gasteiger partial charge in [-0.05, 0) is 19.3 Å². The fraction of sp³-hybridized carbons (Fsp3) is 0.750. The van der Waals surface area contributed by atoms with Crippen LogP contribution in [0.2, 0.25) is 0 Å². The maximum Gasteiger partial charge on any atom is 0.306 e. The molecule has 0 aromatic heterocycles. The Morgan fingerprint density at radius 2 is 1.89 bits per heavy atom. The normalized spacial score (nSPS) is 31.2. The minimum atomic E-state index is -0.858. The molecule has 2 fully saturated rings. The molecular formula is C12H18N2O5. The summed E-state index contributed by atoms with van der Waals surface area (Å²) in [6.07, 6.45) is 1.41. The van der Waals surface area contributed by atoms with Crippen LogP contribution in [0.25, 0.3) is 0 Å². The summed E-state index contributed by atoms with van der Waals surface area (Å²) < 4.78 is 5.16. The quantitative estimate of drug-likeness (QED) is 0.697. The minimum absolute atomic E-state index is 0.121. The van der Waals surface area contributed by atoms with Gasteiger partial charge in [0.15, 0.2) is 0 Å². The Bertz CT molecular complexity index is 398. The predicted octanol–water partition coefficient (Wildman–Crippen LogP) is -0.800. The summed E-state index contributed by atoms with van der Waals surface area (Å²) in [5, 5.41) is 8.94. The van der Waals surface area contributed by atoms with Crippen molar-refractivity contribution in [3.8, 4) is 0 Å². The van der Waals surface area contributed by atoms with Gasteiger partial charge in [0.25, 0.3) is 0 Å². The molecule has 2 amide bonds. The molecule has 1 aliphatic carbocycles. The Morgan fingerprint density at radius 3 is 2.47 bits per heavy atom. The van der Waals surface area contributed by atoms with Crippen LogP contribution >= 0.6 is 0 Å². The van der Waals surface area contributed by atoms with E-state index in [4.69, 9.17) is 15.6 Å². The number of ether oxygens (including phenoxy) is 1. The highest BCUT2D eigenvalue weighted by Gasteiger charge is 2.39. The van der Waals surface area contributed by atoms with E-state index in [1.54, 1.807) is 0 Å². The van der Waals surface area contributed by atoms with E-state index in [1.807, 2.05) is 0 Å². The number of aliphatic carboxylic acids is 1. The Morgan fingerprint density at radius 1 is 1.21 bits per heavy atom. The Labute approximate surface area is 110 Å². The third-order valence-electron chi connectivity index (χ3n) is 3.87. The largest absolute Gasteiger partial charge is 0.481 e. The van der Waals surface area contributed by atoms with Crippen molar-refractivity contribution in [1.82, 2.24) is 4.90 Å².